The van der Waals surface area contributed by atoms with Crippen molar-refractivity contribution in [2.24, 2.45) is 17.6 Å². The van der Waals surface area contributed by atoms with Gasteiger partial charge in [0.25, 0.3) is 5.91 Å². The van der Waals surface area contributed by atoms with Crippen molar-refractivity contribution in [1.82, 2.24) is 10.2 Å². The second-order valence-electron chi connectivity index (χ2n) is 8.27. The van der Waals surface area contributed by atoms with Crippen LogP contribution in [0.4, 0.5) is 5.88 Å². The fourth-order valence-corrected chi connectivity index (χ4v) is 5.25. The van der Waals surface area contributed by atoms with Crippen LogP contribution in [0, 0.1) is 22.0 Å². The normalized spacial score (nSPS) is 32.2. The number of nitrogens with one attached hydrogen (secondary N) is 1. The second-order valence-corrected chi connectivity index (χ2v) is 8.27. The van der Waals surface area contributed by atoms with Crippen LogP contribution in [0.15, 0.2) is 16.5 Å². The van der Waals surface area contributed by atoms with E-state index in [1.807, 2.05) is 0 Å². The zero-order valence-electron chi connectivity index (χ0n) is 15.7. The number of likely N-dealkylation sites (tertiary alicyclic amines) is 1. The summed E-state index contributed by atoms with van der Waals surface area (Å²) >= 11 is 0. The van der Waals surface area contributed by atoms with Crippen LogP contribution in [0.3, 0.4) is 0 Å². The molecule has 4 rings (SSSR count). The van der Waals surface area contributed by atoms with Crippen LogP contribution in [0.2, 0.25) is 0 Å². The van der Waals surface area contributed by atoms with Crippen molar-refractivity contribution in [1.29, 1.82) is 0 Å². The van der Waals surface area contributed by atoms with Gasteiger partial charge < -0.3 is 20.4 Å². The van der Waals surface area contributed by atoms with E-state index in [0.717, 1.165) is 38.2 Å². The quantitative estimate of drug-likeness (QED) is 0.595. The van der Waals surface area contributed by atoms with Crippen LogP contribution < -0.4 is 11.1 Å². The predicted molar refractivity (Wildman–Crippen MR) is 99.4 cm³/mol. The fourth-order valence-electron chi connectivity index (χ4n) is 5.25. The lowest BCUT2D eigenvalue weighted by molar-refractivity contribution is -0.402. The first-order valence-corrected chi connectivity index (χ1v) is 10.0. The van der Waals surface area contributed by atoms with Gasteiger partial charge in [-0.1, -0.05) is 6.42 Å². The number of carbonyl (C=O) groups excluding carboxylic acids is 2. The molecule has 3 fully saturated rings. The lowest BCUT2D eigenvalue weighted by Gasteiger charge is -2.45. The molecule has 3 unspecified atom stereocenters. The zero-order chi connectivity index (χ0) is 19.8. The number of nitrogens with zero attached hydrogens (tertiary/aromatic N) is 2. The molecule has 2 amide bonds. The van der Waals surface area contributed by atoms with Crippen LogP contribution in [-0.4, -0.2) is 46.3 Å². The molecule has 0 radical (unpaired) electrons. The standard InChI is InChI=1S/C19H26N4O5/c20-13-9-11-3-1-4-12(10-13)17(11)21-18(24)14-5-2-8-22(14)19(25)15-6-7-16(28-15)23(26)27/h6-7,11-14,17H,1-5,8-10,20H2,(H,21,24). The highest BCUT2D eigenvalue weighted by Gasteiger charge is 2.43. The number of rotatable bonds is 4. The molecule has 2 saturated carbocycles. The summed E-state index contributed by atoms with van der Waals surface area (Å²) in [7, 11) is 0. The molecule has 1 aromatic rings. The van der Waals surface area contributed by atoms with Gasteiger partial charge in [-0.05, 0) is 56.4 Å². The summed E-state index contributed by atoms with van der Waals surface area (Å²) in [6.07, 6.45) is 6.52. The Morgan fingerprint density at radius 1 is 1.18 bits per heavy atom. The van der Waals surface area contributed by atoms with Gasteiger partial charge in [0.05, 0.1) is 6.07 Å². The molecule has 3 aliphatic rings. The Morgan fingerprint density at radius 2 is 1.89 bits per heavy atom. The van der Waals surface area contributed by atoms with Crippen LogP contribution in [0.5, 0.6) is 0 Å². The molecule has 9 nitrogen and oxygen atoms in total. The smallest absolute Gasteiger partial charge is 0.395 e. The topological polar surface area (TPSA) is 132 Å². The third kappa shape index (κ3) is 3.50. The van der Waals surface area contributed by atoms with Gasteiger partial charge in [-0.15, -0.1) is 0 Å². The van der Waals surface area contributed by atoms with Crippen molar-refractivity contribution in [3.05, 3.63) is 28.0 Å². The monoisotopic (exact) mass is 390 g/mol. The molecule has 1 aromatic heterocycles. The molecule has 3 N–H and O–H groups in total. The van der Waals surface area contributed by atoms with Gasteiger partial charge in [0.15, 0.2) is 5.76 Å². The Morgan fingerprint density at radius 3 is 2.54 bits per heavy atom. The van der Waals surface area contributed by atoms with Gasteiger partial charge in [0.1, 0.15) is 11.0 Å². The summed E-state index contributed by atoms with van der Waals surface area (Å²) in [6.45, 7) is 0.438. The maximum atomic E-state index is 13.0. The lowest BCUT2D eigenvalue weighted by atomic mass is 9.67. The summed E-state index contributed by atoms with van der Waals surface area (Å²) in [4.78, 5) is 37.3. The van der Waals surface area contributed by atoms with Crippen molar-refractivity contribution in [3.8, 4) is 0 Å². The van der Waals surface area contributed by atoms with Gasteiger partial charge in [-0.25, -0.2) is 0 Å². The summed E-state index contributed by atoms with van der Waals surface area (Å²) in [6, 6.07) is 2.23. The van der Waals surface area contributed by atoms with Gasteiger partial charge in [-0.2, -0.15) is 0 Å². The van der Waals surface area contributed by atoms with Crippen LogP contribution in [0.25, 0.3) is 0 Å². The summed E-state index contributed by atoms with van der Waals surface area (Å²) in [5.74, 6) is -0.378. The number of furan rings is 1. The Labute approximate surface area is 162 Å². The Kier molecular flexibility index (Phi) is 5.09. The minimum absolute atomic E-state index is 0.105. The van der Waals surface area contributed by atoms with E-state index < -0.39 is 22.8 Å². The maximum absolute atomic E-state index is 13.0. The minimum Gasteiger partial charge on any atom is -0.395 e. The third-order valence-electron chi connectivity index (χ3n) is 6.48. The highest BCUT2D eigenvalue weighted by molar-refractivity contribution is 5.96. The molecule has 3 atom stereocenters. The van der Waals surface area contributed by atoms with Crippen molar-refractivity contribution in [3.63, 3.8) is 0 Å². The molecular weight excluding hydrogens is 364 g/mol. The average Bonchev–Trinajstić information content (AvgIpc) is 3.31. The van der Waals surface area contributed by atoms with Gasteiger partial charge in [0.2, 0.25) is 5.91 Å². The van der Waals surface area contributed by atoms with E-state index in [1.165, 1.54) is 17.4 Å². The Balaban J connectivity index is 1.44. The lowest BCUT2D eigenvalue weighted by Crippen LogP contribution is -2.57. The van der Waals surface area contributed by atoms with E-state index in [0.29, 0.717) is 24.8 Å². The molecule has 152 valence electrons. The molecule has 2 aliphatic carbocycles. The van der Waals surface area contributed by atoms with Crippen molar-refractivity contribution in [2.75, 3.05) is 6.54 Å². The average molecular weight is 390 g/mol. The number of nitrogens with two attached hydrogens (primary N) is 1. The first-order chi connectivity index (χ1) is 13.4. The molecule has 28 heavy (non-hydrogen) atoms. The number of fused-ring (bicyclic) bond motifs is 2. The van der Waals surface area contributed by atoms with Crippen molar-refractivity contribution < 1.29 is 18.9 Å². The number of nitro groups is 1. The number of amides is 2. The summed E-state index contributed by atoms with van der Waals surface area (Å²) in [5, 5.41) is 14.0. The third-order valence-corrected chi connectivity index (χ3v) is 6.48. The SMILES string of the molecule is NC1CC2CCCC(C1)C2NC(=O)C1CCCN1C(=O)c1ccc([N+](=O)[O-])o1. The molecule has 0 aromatic carbocycles. The second kappa shape index (κ2) is 7.54. The molecule has 1 saturated heterocycles. The molecule has 2 heterocycles. The Bertz CT molecular complexity index is 764. The van der Waals surface area contributed by atoms with Crippen LogP contribution in [-0.2, 0) is 4.79 Å². The van der Waals surface area contributed by atoms with E-state index in [-0.39, 0.29) is 23.8 Å². The molecule has 1 aliphatic heterocycles. The van der Waals surface area contributed by atoms with Gasteiger partial charge >= 0.3 is 5.88 Å². The first-order valence-electron chi connectivity index (χ1n) is 10.0. The fraction of sp³-hybridized carbons (Fsp3) is 0.684. The minimum atomic E-state index is -0.683. The molecule has 0 spiro atoms. The molecular formula is C19H26N4O5. The summed E-state index contributed by atoms with van der Waals surface area (Å²) in [5.41, 5.74) is 6.17. The van der Waals surface area contributed by atoms with Crippen LogP contribution in [0.1, 0.15) is 55.5 Å². The highest BCUT2D eigenvalue weighted by atomic mass is 16.6. The number of hydrogen-bond acceptors (Lipinski definition) is 6. The zero-order valence-corrected chi connectivity index (χ0v) is 15.7. The molecule has 2 bridgehead atoms. The van der Waals surface area contributed by atoms with E-state index in [9.17, 15) is 19.7 Å². The van der Waals surface area contributed by atoms with Gasteiger partial charge in [0, 0.05) is 18.6 Å². The number of hydrogen-bond donors (Lipinski definition) is 2. The predicted octanol–water partition coefficient (Wildman–Crippen LogP) is 1.81. The Hall–Kier alpha value is -2.42. The number of carbonyl (C=O) groups is 2. The first kappa shape index (κ1) is 18.9. The maximum Gasteiger partial charge on any atom is 0.433 e. The van der Waals surface area contributed by atoms with E-state index in [2.05, 4.69) is 5.32 Å². The highest BCUT2D eigenvalue weighted by Crippen LogP contribution is 2.40. The van der Waals surface area contributed by atoms with Crippen LogP contribution >= 0.6 is 0 Å². The largest absolute Gasteiger partial charge is 0.433 e. The molecule has 9 heteroatoms. The van der Waals surface area contributed by atoms with Crippen molar-refractivity contribution >= 4 is 17.7 Å². The summed E-state index contributed by atoms with van der Waals surface area (Å²) < 4.78 is 5.03. The van der Waals surface area contributed by atoms with Gasteiger partial charge in [-0.3, -0.25) is 19.7 Å². The van der Waals surface area contributed by atoms with E-state index in [1.54, 1.807) is 0 Å². The van der Waals surface area contributed by atoms with E-state index >= 15 is 0 Å². The van der Waals surface area contributed by atoms with Crippen molar-refractivity contribution in [2.45, 2.75) is 63.1 Å². The van der Waals surface area contributed by atoms with E-state index in [4.69, 9.17) is 10.2 Å².